The SMILES string of the molecule is COC1CN(C(=O)C2COCCN2)CC1OC. The molecule has 98 valence electrons. The van der Waals surface area contributed by atoms with Crippen LogP contribution in [0.1, 0.15) is 0 Å². The average Bonchev–Trinajstić information content (AvgIpc) is 2.82. The van der Waals surface area contributed by atoms with Crippen LogP contribution in [0.4, 0.5) is 0 Å². The molecule has 0 saturated carbocycles. The second kappa shape index (κ2) is 5.77. The van der Waals surface area contributed by atoms with E-state index in [1.807, 2.05) is 0 Å². The Morgan fingerprint density at radius 3 is 2.41 bits per heavy atom. The van der Waals surface area contributed by atoms with Crippen LogP contribution in [0.2, 0.25) is 0 Å². The summed E-state index contributed by atoms with van der Waals surface area (Å²) >= 11 is 0. The molecule has 2 rings (SSSR count). The Bertz CT molecular complexity index is 256. The average molecular weight is 244 g/mol. The summed E-state index contributed by atoms with van der Waals surface area (Å²) < 4.78 is 15.9. The van der Waals surface area contributed by atoms with E-state index in [4.69, 9.17) is 14.2 Å². The first-order valence-corrected chi connectivity index (χ1v) is 5.91. The molecule has 2 saturated heterocycles. The van der Waals surface area contributed by atoms with Gasteiger partial charge in [0.05, 0.1) is 13.2 Å². The molecule has 1 amide bonds. The summed E-state index contributed by atoms with van der Waals surface area (Å²) in [5.74, 6) is 0.0753. The summed E-state index contributed by atoms with van der Waals surface area (Å²) in [4.78, 5) is 14.0. The van der Waals surface area contributed by atoms with Gasteiger partial charge in [-0.05, 0) is 0 Å². The fourth-order valence-electron chi connectivity index (χ4n) is 2.32. The van der Waals surface area contributed by atoms with E-state index in [9.17, 15) is 4.79 Å². The molecule has 6 heteroatoms. The van der Waals surface area contributed by atoms with Gasteiger partial charge in [-0.25, -0.2) is 0 Å². The fourth-order valence-corrected chi connectivity index (χ4v) is 2.32. The maximum Gasteiger partial charge on any atom is 0.242 e. The largest absolute Gasteiger partial charge is 0.378 e. The first kappa shape index (κ1) is 12.8. The molecule has 2 fully saturated rings. The Hall–Kier alpha value is -0.690. The number of methoxy groups -OCH3 is 2. The first-order valence-electron chi connectivity index (χ1n) is 5.91. The van der Waals surface area contributed by atoms with E-state index >= 15 is 0 Å². The van der Waals surface area contributed by atoms with Crippen LogP contribution in [0.15, 0.2) is 0 Å². The van der Waals surface area contributed by atoms with Gasteiger partial charge >= 0.3 is 0 Å². The van der Waals surface area contributed by atoms with E-state index in [2.05, 4.69) is 5.32 Å². The van der Waals surface area contributed by atoms with Crippen molar-refractivity contribution < 1.29 is 19.0 Å². The Kier molecular flexibility index (Phi) is 4.33. The lowest BCUT2D eigenvalue weighted by Crippen LogP contribution is -2.52. The number of hydrogen-bond acceptors (Lipinski definition) is 5. The van der Waals surface area contributed by atoms with E-state index in [0.29, 0.717) is 26.3 Å². The molecular weight excluding hydrogens is 224 g/mol. The zero-order valence-corrected chi connectivity index (χ0v) is 10.3. The van der Waals surface area contributed by atoms with Gasteiger partial charge in [0.15, 0.2) is 0 Å². The maximum atomic E-state index is 12.2. The predicted molar refractivity (Wildman–Crippen MR) is 60.8 cm³/mol. The van der Waals surface area contributed by atoms with Gasteiger partial charge in [0.2, 0.25) is 5.91 Å². The van der Waals surface area contributed by atoms with Gasteiger partial charge in [-0.3, -0.25) is 4.79 Å². The molecular formula is C11H20N2O4. The van der Waals surface area contributed by atoms with E-state index < -0.39 is 0 Å². The minimum Gasteiger partial charge on any atom is -0.378 e. The number of nitrogens with zero attached hydrogens (tertiary/aromatic N) is 1. The second-order valence-corrected chi connectivity index (χ2v) is 4.37. The van der Waals surface area contributed by atoms with Gasteiger partial charge in [0.25, 0.3) is 0 Å². The summed E-state index contributed by atoms with van der Waals surface area (Å²) in [6.45, 7) is 3.03. The summed E-state index contributed by atoms with van der Waals surface area (Å²) in [5, 5.41) is 3.16. The van der Waals surface area contributed by atoms with Crippen LogP contribution in [0.3, 0.4) is 0 Å². The zero-order valence-electron chi connectivity index (χ0n) is 10.3. The van der Waals surface area contributed by atoms with E-state index in [0.717, 1.165) is 6.54 Å². The highest BCUT2D eigenvalue weighted by molar-refractivity contribution is 5.82. The standard InChI is InChI=1S/C11H20N2O4/c1-15-9-5-13(6-10(9)16-2)11(14)8-7-17-4-3-12-8/h8-10,12H,3-7H2,1-2H3. The van der Waals surface area contributed by atoms with Crippen molar-refractivity contribution in [3.05, 3.63) is 0 Å². The third-order valence-corrected chi connectivity index (χ3v) is 3.35. The molecule has 0 radical (unpaired) electrons. The topological polar surface area (TPSA) is 60.0 Å². The minimum atomic E-state index is -0.225. The molecule has 0 spiro atoms. The van der Waals surface area contributed by atoms with Crippen LogP contribution < -0.4 is 5.32 Å². The number of rotatable bonds is 3. The lowest BCUT2D eigenvalue weighted by Gasteiger charge is -2.27. The van der Waals surface area contributed by atoms with Crippen molar-refractivity contribution in [1.29, 1.82) is 0 Å². The number of hydrogen-bond donors (Lipinski definition) is 1. The summed E-state index contributed by atoms with van der Waals surface area (Å²) in [7, 11) is 3.29. The number of morpholine rings is 1. The fraction of sp³-hybridized carbons (Fsp3) is 0.909. The third-order valence-electron chi connectivity index (χ3n) is 3.35. The Labute approximate surface area is 101 Å². The first-order chi connectivity index (χ1) is 8.26. The van der Waals surface area contributed by atoms with Crippen molar-refractivity contribution >= 4 is 5.91 Å². The van der Waals surface area contributed by atoms with Crippen LogP contribution >= 0.6 is 0 Å². The lowest BCUT2D eigenvalue weighted by molar-refractivity contribution is -0.135. The second-order valence-electron chi connectivity index (χ2n) is 4.37. The molecule has 3 atom stereocenters. The molecule has 0 aromatic carbocycles. The molecule has 2 aliphatic rings. The van der Waals surface area contributed by atoms with E-state index in [-0.39, 0.29) is 24.2 Å². The highest BCUT2D eigenvalue weighted by atomic mass is 16.5. The van der Waals surface area contributed by atoms with Crippen molar-refractivity contribution in [3.8, 4) is 0 Å². The Balaban J connectivity index is 1.92. The van der Waals surface area contributed by atoms with Gasteiger partial charge in [0.1, 0.15) is 18.2 Å². The van der Waals surface area contributed by atoms with Crippen molar-refractivity contribution in [1.82, 2.24) is 10.2 Å². The Morgan fingerprint density at radius 1 is 1.29 bits per heavy atom. The van der Waals surface area contributed by atoms with Gasteiger partial charge in [-0.2, -0.15) is 0 Å². The molecule has 1 N–H and O–H groups in total. The predicted octanol–water partition coefficient (Wildman–Crippen LogP) is -1.15. The lowest BCUT2D eigenvalue weighted by atomic mass is 10.2. The summed E-state index contributed by atoms with van der Waals surface area (Å²) in [6, 6.07) is -0.225. The molecule has 6 nitrogen and oxygen atoms in total. The number of carbonyl (C=O) groups is 1. The molecule has 2 heterocycles. The molecule has 0 bridgehead atoms. The van der Waals surface area contributed by atoms with Crippen molar-refractivity contribution in [2.75, 3.05) is 47.1 Å². The molecule has 0 aromatic rings. The van der Waals surface area contributed by atoms with E-state index in [1.165, 1.54) is 0 Å². The molecule has 0 aromatic heterocycles. The summed E-state index contributed by atoms with van der Waals surface area (Å²) in [6.07, 6.45) is -0.0677. The van der Waals surface area contributed by atoms with Gasteiger partial charge < -0.3 is 24.4 Å². The highest BCUT2D eigenvalue weighted by Crippen LogP contribution is 2.17. The van der Waals surface area contributed by atoms with Gasteiger partial charge in [0, 0.05) is 33.9 Å². The molecule has 3 unspecified atom stereocenters. The van der Waals surface area contributed by atoms with Crippen LogP contribution in [0, 0.1) is 0 Å². The van der Waals surface area contributed by atoms with Crippen molar-refractivity contribution in [2.24, 2.45) is 0 Å². The van der Waals surface area contributed by atoms with Crippen LogP contribution in [-0.4, -0.2) is 76.1 Å². The highest BCUT2D eigenvalue weighted by Gasteiger charge is 2.38. The van der Waals surface area contributed by atoms with E-state index in [1.54, 1.807) is 19.1 Å². The third kappa shape index (κ3) is 2.77. The quantitative estimate of drug-likeness (QED) is 0.679. The number of carbonyl (C=O) groups excluding carboxylic acids is 1. The maximum absolute atomic E-state index is 12.2. The number of nitrogens with one attached hydrogen (secondary N) is 1. The van der Waals surface area contributed by atoms with Crippen LogP contribution in [0.25, 0.3) is 0 Å². The Morgan fingerprint density at radius 2 is 1.94 bits per heavy atom. The van der Waals surface area contributed by atoms with Gasteiger partial charge in [-0.15, -0.1) is 0 Å². The van der Waals surface area contributed by atoms with Crippen molar-refractivity contribution in [3.63, 3.8) is 0 Å². The van der Waals surface area contributed by atoms with Gasteiger partial charge in [-0.1, -0.05) is 0 Å². The molecule has 0 aliphatic carbocycles. The smallest absolute Gasteiger partial charge is 0.242 e. The molecule has 2 aliphatic heterocycles. The zero-order chi connectivity index (χ0) is 12.3. The minimum absolute atomic E-state index is 0.0338. The number of amides is 1. The summed E-state index contributed by atoms with van der Waals surface area (Å²) in [5.41, 5.74) is 0. The van der Waals surface area contributed by atoms with Crippen LogP contribution in [-0.2, 0) is 19.0 Å². The number of likely N-dealkylation sites (tertiary alicyclic amines) is 1. The van der Waals surface area contributed by atoms with Crippen molar-refractivity contribution in [2.45, 2.75) is 18.2 Å². The van der Waals surface area contributed by atoms with Crippen LogP contribution in [0.5, 0.6) is 0 Å². The molecule has 17 heavy (non-hydrogen) atoms. The monoisotopic (exact) mass is 244 g/mol. The number of ether oxygens (including phenoxy) is 3. The normalized spacial score (nSPS) is 34.0.